The SMILES string of the molecule is CCC(C(=O)NC(C)(C)C)N(Cc1cccc(C)c1)C(=O)COc1ccccc1C(C)C. The first-order valence-electron chi connectivity index (χ1n) is 11.4. The Hall–Kier alpha value is -2.82. The molecule has 0 saturated heterocycles. The molecule has 0 fully saturated rings. The molecule has 5 heteroatoms. The van der Waals surface area contributed by atoms with E-state index in [1.54, 1.807) is 4.90 Å². The minimum absolute atomic E-state index is 0.116. The van der Waals surface area contributed by atoms with E-state index in [1.807, 2.05) is 83.1 Å². The van der Waals surface area contributed by atoms with E-state index in [0.717, 1.165) is 16.7 Å². The zero-order chi connectivity index (χ0) is 23.9. The summed E-state index contributed by atoms with van der Waals surface area (Å²) in [5, 5.41) is 3.03. The molecule has 0 aliphatic rings. The van der Waals surface area contributed by atoms with Crippen molar-refractivity contribution < 1.29 is 14.3 Å². The van der Waals surface area contributed by atoms with Crippen LogP contribution >= 0.6 is 0 Å². The highest BCUT2D eigenvalue weighted by atomic mass is 16.5. The molecule has 0 spiro atoms. The van der Waals surface area contributed by atoms with E-state index < -0.39 is 6.04 Å². The molecule has 0 bridgehead atoms. The lowest BCUT2D eigenvalue weighted by Gasteiger charge is -2.33. The largest absolute Gasteiger partial charge is 0.483 e. The highest BCUT2D eigenvalue weighted by molar-refractivity contribution is 5.88. The van der Waals surface area contributed by atoms with Crippen LogP contribution in [-0.4, -0.2) is 34.9 Å². The Morgan fingerprint density at radius 2 is 1.75 bits per heavy atom. The summed E-state index contributed by atoms with van der Waals surface area (Å²) in [6, 6.07) is 15.2. The monoisotopic (exact) mass is 438 g/mol. The minimum atomic E-state index is -0.578. The number of ether oxygens (including phenoxy) is 1. The van der Waals surface area contributed by atoms with E-state index in [0.29, 0.717) is 18.7 Å². The standard InChI is InChI=1S/C27H38N2O3/c1-8-23(26(31)28-27(5,6)7)29(17-21-13-11-12-20(4)16-21)25(30)18-32-24-15-10-9-14-22(24)19(2)3/h9-16,19,23H,8,17-18H2,1-7H3,(H,28,31). The van der Waals surface area contributed by atoms with Crippen molar-refractivity contribution in [2.45, 2.75) is 78.9 Å². The quantitative estimate of drug-likeness (QED) is 0.584. The van der Waals surface area contributed by atoms with Crippen LogP contribution in [0.1, 0.15) is 70.6 Å². The maximum absolute atomic E-state index is 13.4. The van der Waals surface area contributed by atoms with Crippen molar-refractivity contribution >= 4 is 11.8 Å². The number of amides is 2. The van der Waals surface area contributed by atoms with Crippen LogP contribution in [0.25, 0.3) is 0 Å². The molecule has 1 N–H and O–H groups in total. The van der Waals surface area contributed by atoms with Gasteiger partial charge in [0.05, 0.1) is 0 Å². The van der Waals surface area contributed by atoms with Gasteiger partial charge in [-0.15, -0.1) is 0 Å². The van der Waals surface area contributed by atoms with Gasteiger partial charge in [0.2, 0.25) is 5.91 Å². The van der Waals surface area contributed by atoms with E-state index in [1.165, 1.54) is 0 Å². The Balaban J connectivity index is 2.28. The van der Waals surface area contributed by atoms with Crippen LogP contribution in [-0.2, 0) is 16.1 Å². The summed E-state index contributed by atoms with van der Waals surface area (Å²) in [6.07, 6.45) is 0.516. The number of para-hydroxylation sites is 1. The second kappa shape index (κ2) is 11.2. The summed E-state index contributed by atoms with van der Waals surface area (Å²) in [6.45, 7) is 14.2. The maximum atomic E-state index is 13.4. The number of hydrogen-bond acceptors (Lipinski definition) is 3. The van der Waals surface area contributed by atoms with Gasteiger partial charge < -0.3 is 15.0 Å². The summed E-state index contributed by atoms with van der Waals surface area (Å²) in [5.74, 6) is 0.633. The number of nitrogens with zero attached hydrogens (tertiary/aromatic N) is 1. The molecule has 0 aromatic heterocycles. The van der Waals surface area contributed by atoms with Gasteiger partial charge in [0.1, 0.15) is 11.8 Å². The van der Waals surface area contributed by atoms with E-state index in [4.69, 9.17) is 4.74 Å². The lowest BCUT2D eigenvalue weighted by atomic mass is 10.0. The number of carbonyl (C=O) groups is 2. The average molecular weight is 439 g/mol. The first-order valence-corrected chi connectivity index (χ1v) is 11.4. The predicted molar refractivity (Wildman–Crippen MR) is 130 cm³/mol. The van der Waals surface area contributed by atoms with Crippen LogP contribution in [0.15, 0.2) is 48.5 Å². The zero-order valence-electron chi connectivity index (χ0n) is 20.6. The highest BCUT2D eigenvalue weighted by Gasteiger charge is 2.31. The first kappa shape index (κ1) is 25.4. The summed E-state index contributed by atoms with van der Waals surface area (Å²) in [7, 11) is 0. The fraction of sp³-hybridized carbons (Fsp3) is 0.481. The number of hydrogen-bond donors (Lipinski definition) is 1. The van der Waals surface area contributed by atoms with Crippen LogP contribution in [0.4, 0.5) is 0 Å². The molecule has 1 atom stereocenters. The molecule has 5 nitrogen and oxygen atoms in total. The molecule has 2 rings (SSSR count). The second-order valence-corrected chi connectivity index (χ2v) is 9.66. The van der Waals surface area contributed by atoms with Crippen molar-refractivity contribution in [1.29, 1.82) is 0 Å². The molecule has 2 aromatic carbocycles. The first-order chi connectivity index (χ1) is 15.0. The molecule has 0 aliphatic heterocycles. The number of aryl methyl sites for hydroxylation is 1. The molecule has 0 saturated carbocycles. The Kier molecular flexibility index (Phi) is 8.88. The molecule has 0 radical (unpaired) electrons. The molecule has 0 heterocycles. The smallest absolute Gasteiger partial charge is 0.261 e. The van der Waals surface area contributed by atoms with Crippen LogP contribution in [0.5, 0.6) is 5.75 Å². The van der Waals surface area contributed by atoms with Crippen molar-refractivity contribution in [2.24, 2.45) is 0 Å². The van der Waals surface area contributed by atoms with Gasteiger partial charge in [-0.3, -0.25) is 9.59 Å². The van der Waals surface area contributed by atoms with Gasteiger partial charge >= 0.3 is 0 Å². The Morgan fingerprint density at radius 3 is 2.34 bits per heavy atom. The van der Waals surface area contributed by atoms with Crippen LogP contribution in [0.3, 0.4) is 0 Å². The van der Waals surface area contributed by atoms with Crippen molar-refractivity contribution in [3.05, 3.63) is 65.2 Å². The molecule has 2 amide bonds. The van der Waals surface area contributed by atoms with Crippen molar-refractivity contribution in [3.8, 4) is 5.75 Å². The maximum Gasteiger partial charge on any atom is 0.261 e. The van der Waals surface area contributed by atoms with Gasteiger partial charge in [-0.25, -0.2) is 0 Å². The number of benzene rings is 2. The van der Waals surface area contributed by atoms with E-state index in [-0.39, 0.29) is 29.9 Å². The Morgan fingerprint density at radius 1 is 1.06 bits per heavy atom. The van der Waals surface area contributed by atoms with Crippen molar-refractivity contribution in [2.75, 3.05) is 6.61 Å². The highest BCUT2D eigenvalue weighted by Crippen LogP contribution is 2.26. The zero-order valence-corrected chi connectivity index (χ0v) is 20.6. The van der Waals surface area contributed by atoms with Crippen LogP contribution in [0, 0.1) is 6.92 Å². The molecule has 1 unspecified atom stereocenters. The third-order valence-electron chi connectivity index (χ3n) is 5.21. The third-order valence-corrected chi connectivity index (χ3v) is 5.21. The number of rotatable bonds is 9. The van der Waals surface area contributed by atoms with E-state index in [2.05, 4.69) is 19.2 Å². The average Bonchev–Trinajstić information content (AvgIpc) is 2.70. The van der Waals surface area contributed by atoms with E-state index in [9.17, 15) is 9.59 Å². The number of nitrogens with one attached hydrogen (secondary N) is 1. The van der Waals surface area contributed by atoms with Gasteiger partial charge in [-0.1, -0.05) is 68.8 Å². The van der Waals surface area contributed by atoms with Gasteiger partial charge in [0, 0.05) is 12.1 Å². The molecule has 2 aromatic rings. The lowest BCUT2D eigenvalue weighted by molar-refractivity contribution is -0.143. The third kappa shape index (κ3) is 7.40. The minimum Gasteiger partial charge on any atom is -0.483 e. The van der Waals surface area contributed by atoms with Crippen LogP contribution < -0.4 is 10.1 Å². The van der Waals surface area contributed by atoms with Crippen LogP contribution in [0.2, 0.25) is 0 Å². The second-order valence-electron chi connectivity index (χ2n) is 9.66. The number of carbonyl (C=O) groups excluding carboxylic acids is 2. The fourth-order valence-corrected chi connectivity index (χ4v) is 3.69. The van der Waals surface area contributed by atoms with Gasteiger partial charge in [0.15, 0.2) is 6.61 Å². The lowest BCUT2D eigenvalue weighted by Crippen LogP contribution is -2.54. The van der Waals surface area contributed by atoms with Gasteiger partial charge in [0.25, 0.3) is 5.91 Å². The molecular formula is C27H38N2O3. The summed E-state index contributed by atoms with van der Waals surface area (Å²) in [4.78, 5) is 28.1. The molecule has 174 valence electrons. The summed E-state index contributed by atoms with van der Waals surface area (Å²) < 4.78 is 5.96. The van der Waals surface area contributed by atoms with Gasteiger partial charge in [-0.2, -0.15) is 0 Å². The van der Waals surface area contributed by atoms with E-state index >= 15 is 0 Å². The predicted octanol–water partition coefficient (Wildman–Crippen LogP) is 5.22. The van der Waals surface area contributed by atoms with Crippen molar-refractivity contribution in [3.63, 3.8) is 0 Å². The summed E-state index contributed by atoms with van der Waals surface area (Å²) >= 11 is 0. The topological polar surface area (TPSA) is 58.6 Å². The normalized spacial score (nSPS) is 12.4. The molecular weight excluding hydrogens is 400 g/mol. The molecule has 32 heavy (non-hydrogen) atoms. The fourth-order valence-electron chi connectivity index (χ4n) is 3.69. The Bertz CT molecular complexity index is 915. The molecule has 0 aliphatic carbocycles. The van der Waals surface area contributed by atoms with Gasteiger partial charge in [-0.05, 0) is 57.2 Å². The van der Waals surface area contributed by atoms with Crippen molar-refractivity contribution in [1.82, 2.24) is 10.2 Å². The Labute approximate surface area is 193 Å². The summed E-state index contributed by atoms with van der Waals surface area (Å²) in [5.41, 5.74) is 2.78.